The third kappa shape index (κ3) is 4.89. The Morgan fingerprint density at radius 3 is 2.47 bits per heavy atom. The van der Waals surface area contributed by atoms with Crippen molar-refractivity contribution in [2.45, 2.75) is 31.8 Å². The van der Waals surface area contributed by atoms with Crippen molar-refractivity contribution < 1.29 is 14.6 Å². The molecule has 1 heterocycles. The van der Waals surface area contributed by atoms with Gasteiger partial charge in [-0.05, 0) is 90.5 Å². The topological polar surface area (TPSA) is 41.9 Å². The minimum atomic E-state index is -0.748. The number of aliphatic hydroxyl groups excluding tert-OH is 1. The summed E-state index contributed by atoms with van der Waals surface area (Å²) in [4.78, 5) is 2.45. The van der Waals surface area contributed by atoms with E-state index in [2.05, 4.69) is 41.3 Å². The van der Waals surface area contributed by atoms with Crippen LogP contribution in [0.1, 0.15) is 48.5 Å². The van der Waals surface area contributed by atoms with Crippen LogP contribution in [0.15, 0.2) is 72.8 Å². The van der Waals surface area contributed by atoms with Crippen LogP contribution in [0.2, 0.25) is 0 Å². The molecule has 0 radical (unpaired) electrons. The van der Waals surface area contributed by atoms with E-state index < -0.39 is 6.10 Å². The van der Waals surface area contributed by atoms with Crippen molar-refractivity contribution in [3.8, 4) is 11.5 Å². The lowest BCUT2D eigenvalue weighted by molar-refractivity contribution is 0.221. The molecule has 1 atom stereocenters. The van der Waals surface area contributed by atoms with E-state index in [4.69, 9.17) is 9.47 Å². The fourth-order valence-electron chi connectivity index (χ4n) is 5.03. The summed E-state index contributed by atoms with van der Waals surface area (Å²) in [6, 6.07) is 18.2. The molecule has 1 N–H and O–H groups in total. The van der Waals surface area contributed by atoms with Crippen molar-refractivity contribution in [2.24, 2.45) is 0 Å². The molecule has 1 fully saturated rings. The van der Waals surface area contributed by atoms with Crippen LogP contribution in [0, 0.1) is 0 Å². The van der Waals surface area contributed by atoms with Crippen LogP contribution >= 0.6 is 0 Å². The van der Waals surface area contributed by atoms with E-state index in [0.29, 0.717) is 6.61 Å². The first kappa shape index (κ1) is 22.7. The van der Waals surface area contributed by atoms with E-state index in [1.165, 1.54) is 31.5 Å². The number of benzene rings is 3. The molecule has 2 aliphatic rings. The fraction of sp³-hybridized carbons (Fsp3) is 0.333. The van der Waals surface area contributed by atoms with E-state index in [0.717, 1.165) is 58.3 Å². The molecule has 0 bridgehead atoms. The lowest BCUT2D eigenvalue weighted by Gasteiger charge is -2.21. The predicted octanol–water partition coefficient (Wildman–Crippen LogP) is 6.14. The average molecular weight is 456 g/mol. The zero-order chi connectivity index (χ0) is 23.3. The molecule has 4 heteroatoms. The number of allylic oxidation sites excluding steroid dienone is 4. The molecule has 34 heavy (non-hydrogen) atoms. The van der Waals surface area contributed by atoms with Crippen molar-refractivity contribution in [3.05, 3.63) is 89.5 Å². The smallest absolute Gasteiger partial charge is 0.119 e. The Kier molecular flexibility index (Phi) is 6.98. The van der Waals surface area contributed by atoms with Gasteiger partial charge in [0.05, 0.1) is 7.11 Å². The first-order valence-electron chi connectivity index (χ1n) is 12.3. The first-order chi connectivity index (χ1) is 16.7. The maximum Gasteiger partial charge on any atom is 0.119 e. The number of nitrogens with zero attached hydrogens (tertiary/aromatic N) is 1. The molecule has 0 aromatic heterocycles. The molecule has 3 aromatic carbocycles. The van der Waals surface area contributed by atoms with Gasteiger partial charge in [-0.3, -0.25) is 4.90 Å². The van der Waals surface area contributed by atoms with Gasteiger partial charge >= 0.3 is 0 Å². The second kappa shape index (κ2) is 10.5. The van der Waals surface area contributed by atoms with Crippen molar-refractivity contribution in [1.82, 2.24) is 4.90 Å². The average Bonchev–Trinajstić information content (AvgIpc) is 3.42. The van der Waals surface area contributed by atoms with Gasteiger partial charge in [-0.2, -0.15) is 0 Å². The molecular weight excluding hydrogens is 422 g/mol. The van der Waals surface area contributed by atoms with Gasteiger partial charge in [0, 0.05) is 12.1 Å². The second-order valence-electron chi connectivity index (χ2n) is 9.12. The zero-order valence-electron chi connectivity index (χ0n) is 19.9. The summed E-state index contributed by atoms with van der Waals surface area (Å²) >= 11 is 0. The summed E-state index contributed by atoms with van der Waals surface area (Å²) < 4.78 is 11.4. The van der Waals surface area contributed by atoms with Crippen LogP contribution in [-0.4, -0.2) is 43.4 Å². The number of likely N-dealkylation sites (tertiary alicyclic amines) is 1. The first-order valence-corrected chi connectivity index (χ1v) is 12.3. The Bertz CT molecular complexity index is 1190. The highest BCUT2D eigenvalue weighted by atomic mass is 16.5. The van der Waals surface area contributed by atoms with E-state index in [9.17, 15) is 5.11 Å². The fourth-order valence-corrected chi connectivity index (χ4v) is 5.03. The Morgan fingerprint density at radius 2 is 1.74 bits per heavy atom. The van der Waals surface area contributed by atoms with Crippen molar-refractivity contribution in [3.63, 3.8) is 0 Å². The van der Waals surface area contributed by atoms with E-state index >= 15 is 0 Å². The number of hydrogen-bond donors (Lipinski definition) is 1. The van der Waals surface area contributed by atoms with Crippen molar-refractivity contribution in [1.29, 1.82) is 0 Å². The lowest BCUT2D eigenvalue weighted by atomic mass is 9.86. The van der Waals surface area contributed by atoms with Gasteiger partial charge in [-0.1, -0.05) is 48.6 Å². The normalized spacial score (nSPS) is 17.1. The highest BCUT2D eigenvalue weighted by Gasteiger charge is 2.20. The van der Waals surface area contributed by atoms with Crippen LogP contribution < -0.4 is 9.47 Å². The van der Waals surface area contributed by atoms with Gasteiger partial charge in [-0.25, -0.2) is 0 Å². The summed E-state index contributed by atoms with van der Waals surface area (Å²) in [5.41, 5.74) is 4.03. The van der Waals surface area contributed by atoms with Crippen molar-refractivity contribution in [2.75, 3.05) is 33.4 Å². The number of rotatable bonds is 8. The quantitative estimate of drug-likeness (QED) is 0.443. The molecule has 1 aliphatic carbocycles. The highest BCUT2D eigenvalue weighted by Crippen LogP contribution is 2.38. The summed E-state index contributed by atoms with van der Waals surface area (Å²) in [5.74, 6) is 1.66. The van der Waals surface area contributed by atoms with Crippen molar-refractivity contribution >= 4 is 16.3 Å². The van der Waals surface area contributed by atoms with Crippen LogP contribution in [-0.2, 0) is 0 Å². The monoisotopic (exact) mass is 455 g/mol. The van der Waals surface area contributed by atoms with E-state index in [1.807, 2.05) is 36.4 Å². The minimum Gasteiger partial charge on any atom is -0.497 e. The lowest BCUT2D eigenvalue weighted by Crippen LogP contribution is -2.25. The Hall–Kier alpha value is -3.08. The summed E-state index contributed by atoms with van der Waals surface area (Å²) in [6.07, 6.45) is 10.6. The summed E-state index contributed by atoms with van der Waals surface area (Å²) in [6.45, 7) is 4.02. The molecule has 1 unspecified atom stereocenters. The van der Waals surface area contributed by atoms with Gasteiger partial charge in [0.1, 0.15) is 24.2 Å². The minimum absolute atomic E-state index is 0.692. The molecule has 3 aromatic rings. The van der Waals surface area contributed by atoms with Crippen LogP contribution in [0.3, 0.4) is 0 Å². The van der Waals surface area contributed by atoms with Crippen LogP contribution in [0.25, 0.3) is 16.3 Å². The zero-order valence-corrected chi connectivity index (χ0v) is 19.9. The Morgan fingerprint density at radius 1 is 0.941 bits per heavy atom. The predicted molar refractivity (Wildman–Crippen MR) is 139 cm³/mol. The Labute approximate surface area is 202 Å². The molecule has 0 amide bonds. The molecule has 5 rings (SSSR count). The summed E-state index contributed by atoms with van der Waals surface area (Å²) in [7, 11) is 1.68. The number of fused-ring (bicyclic) bond motifs is 1. The molecule has 0 saturated carbocycles. The SMILES string of the molecule is COc1ccc2c(C(O)c3ccc(OCCN4CCCC4)cc3)c(C3=CCCC=C3)ccc2c1. The number of ether oxygens (including phenoxy) is 2. The van der Waals surface area contributed by atoms with E-state index in [-0.39, 0.29) is 0 Å². The molecule has 1 aliphatic heterocycles. The standard InChI is InChI=1S/C30H33NO3/c1-33-26-14-16-28-24(21-26)11-15-27(22-7-3-2-4-8-22)29(28)30(32)23-9-12-25(13-10-23)34-20-19-31-17-5-6-18-31/h3,7-16,21,30,32H,2,4-6,17-20H2,1H3. The number of methoxy groups -OCH3 is 1. The highest BCUT2D eigenvalue weighted by molar-refractivity contribution is 5.93. The largest absolute Gasteiger partial charge is 0.497 e. The third-order valence-electron chi connectivity index (χ3n) is 6.92. The van der Waals surface area contributed by atoms with E-state index in [1.54, 1.807) is 7.11 Å². The maximum atomic E-state index is 11.6. The molecular formula is C30H33NO3. The summed E-state index contributed by atoms with van der Waals surface area (Å²) in [5, 5.41) is 13.7. The van der Waals surface area contributed by atoms with Gasteiger partial charge in [0.25, 0.3) is 0 Å². The Balaban J connectivity index is 1.43. The maximum absolute atomic E-state index is 11.6. The van der Waals surface area contributed by atoms with Crippen LogP contribution in [0.4, 0.5) is 0 Å². The van der Waals surface area contributed by atoms with Gasteiger partial charge < -0.3 is 14.6 Å². The number of hydrogen-bond acceptors (Lipinski definition) is 4. The van der Waals surface area contributed by atoms with Crippen LogP contribution in [0.5, 0.6) is 11.5 Å². The van der Waals surface area contributed by atoms with Gasteiger partial charge in [-0.15, -0.1) is 0 Å². The molecule has 1 saturated heterocycles. The van der Waals surface area contributed by atoms with Gasteiger partial charge in [0.2, 0.25) is 0 Å². The van der Waals surface area contributed by atoms with Gasteiger partial charge in [0.15, 0.2) is 0 Å². The molecule has 4 nitrogen and oxygen atoms in total. The second-order valence-corrected chi connectivity index (χ2v) is 9.12. The third-order valence-corrected chi connectivity index (χ3v) is 6.92. The molecule has 176 valence electrons. The molecule has 0 spiro atoms. The number of aliphatic hydroxyl groups is 1.